The Bertz CT molecular complexity index is 462. The van der Waals surface area contributed by atoms with Gasteiger partial charge in [0.2, 0.25) is 0 Å². The number of hydrogen-bond acceptors (Lipinski definition) is 1. The Morgan fingerprint density at radius 2 is 1.40 bits per heavy atom. The van der Waals surface area contributed by atoms with Crippen LogP contribution in [0.4, 0.5) is 0 Å². The molecule has 0 bridgehead atoms. The first kappa shape index (κ1) is 23.0. The first-order chi connectivity index (χ1) is 12.1. The molecular formula is C22H37ClOSn. The topological polar surface area (TPSA) is 20.2 Å². The van der Waals surface area contributed by atoms with E-state index in [1.165, 1.54) is 56.3 Å². The van der Waals surface area contributed by atoms with Crippen LogP contribution in [0, 0.1) is 0 Å². The van der Waals surface area contributed by atoms with Crippen LogP contribution in [0.3, 0.4) is 0 Å². The molecule has 1 nitrogen and oxygen atoms in total. The fourth-order valence-corrected chi connectivity index (χ4v) is 18.8. The predicted molar refractivity (Wildman–Crippen MR) is 115 cm³/mol. The van der Waals surface area contributed by atoms with Gasteiger partial charge in [-0.05, 0) is 0 Å². The molecule has 0 aliphatic rings. The summed E-state index contributed by atoms with van der Waals surface area (Å²) in [6.07, 6.45) is 12.0. The van der Waals surface area contributed by atoms with Crippen molar-refractivity contribution in [3.63, 3.8) is 0 Å². The second-order valence-electron chi connectivity index (χ2n) is 7.44. The van der Waals surface area contributed by atoms with Gasteiger partial charge < -0.3 is 0 Å². The van der Waals surface area contributed by atoms with Crippen LogP contribution in [0.25, 0.3) is 0 Å². The van der Waals surface area contributed by atoms with Gasteiger partial charge in [-0.25, -0.2) is 0 Å². The minimum absolute atomic E-state index is 0.509. The maximum atomic E-state index is 10.4. The third-order valence-corrected chi connectivity index (χ3v) is 20.8. The summed E-state index contributed by atoms with van der Waals surface area (Å²) < 4.78 is 5.85. The van der Waals surface area contributed by atoms with Crippen molar-refractivity contribution in [3.8, 4) is 0 Å². The number of halogens is 1. The van der Waals surface area contributed by atoms with Crippen molar-refractivity contribution in [3.05, 3.63) is 47.0 Å². The minimum atomic E-state index is -2.11. The number of unbranched alkanes of at least 4 members (excludes halogenated alkanes) is 3. The molecule has 25 heavy (non-hydrogen) atoms. The second kappa shape index (κ2) is 13.2. The van der Waals surface area contributed by atoms with Crippen molar-refractivity contribution in [1.82, 2.24) is 0 Å². The third kappa shape index (κ3) is 8.97. The van der Waals surface area contributed by atoms with Gasteiger partial charge in [0.1, 0.15) is 0 Å². The summed E-state index contributed by atoms with van der Waals surface area (Å²) in [6.45, 7) is 6.95. The van der Waals surface area contributed by atoms with E-state index in [4.69, 9.17) is 11.6 Å². The zero-order valence-corrected chi connectivity index (χ0v) is 20.0. The maximum absolute atomic E-state index is 10.4. The van der Waals surface area contributed by atoms with E-state index in [1.807, 2.05) is 30.3 Å². The molecule has 0 saturated carbocycles. The number of rotatable bonds is 13. The SMILES string of the molecule is CCC[CH2][Sn]([CH2]/C=C/C(O)c1ccc(Cl)cc1)([CH2]CCC)[CH2]CCC. The van der Waals surface area contributed by atoms with Crippen LogP contribution in [-0.2, 0) is 0 Å². The van der Waals surface area contributed by atoms with E-state index in [0.717, 1.165) is 5.56 Å². The first-order valence-corrected chi connectivity index (χ1v) is 18.6. The van der Waals surface area contributed by atoms with Crippen LogP contribution in [0.15, 0.2) is 36.4 Å². The summed E-state index contributed by atoms with van der Waals surface area (Å²) in [4.78, 5) is 0. The van der Waals surface area contributed by atoms with Crippen molar-refractivity contribution < 1.29 is 5.11 Å². The van der Waals surface area contributed by atoms with Gasteiger partial charge in [0.05, 0.1) is 0 Å². The number of benzene rings is 1. The van der Waals surface area contributed by atoms with E-state index in [2.05, 4.69) is 26.8 Å². The van der Waals surface area contributed by atoms with Gasteiger partial charge in [0.25, 0.3) is 0 Å². The van der Waals surface area contributed by atoms with Gasteiger partial charge in [-0.3, -0.25) is 0 Å². The molecule has 0 radical (unpaired) electrons. The summed E-state index contributed by atoms with van der Waals surface area (Å²) in [7, 11) is 0. The molecule has 0 aliphatic carbocycles. The molecule has 0 spiro atoms. The molecule has 3 heteroatoms. The molecule has 1 atom stereocenters. The van der Waals surface area contributed by atoms with Crippen LogP contribution in [0.5, 0.6) is 0 Å². The molecule has 1 N–H and O–H groups in total. The Labute approximate surface area is 164 Å². The Morgan fingerprint density at radius 1 is 0.920 bits per heavy atom. The summed E-state index contributed by atoms with van der Waals surface area (Å²) in [6, 6.07) is 7.53. The fourth-order valence-electron chi connectivity index (χ4n) is 3.55. The van der Waals surface area contributed by atoms with Crippen molar-refractivity contribution in [2.75, 3.05) is 0 Å². The number of allylic oxidation sites excluding steroid dienone is 1. The molecule has 1 rings (SSSR count). The van der Waals surface area contributed by atoms with Crippen LogP contribution < -0.4 is 0 Å². The molecule has 142 valence electrons. The van der Waals surface area contributed by atoms with Crippen LogP contribution in [-0.4, -0.2) is 23.5 Å². The summed E-state index contributed by atoms with van der Waals surface area (Å²) in [5, 5.41) is 11.1. The molecule has 0 heterocycles. The van der Waals surface area contributed by atoms with Crippen LogP contribution >= 0.6 is 11.6 Å². The molecule has 1 aromatic rings. The summed E-state index contributed by atoms with van der Waals surface area (Å²) >= 11 is 3.83. The fraction of sp³-hybridized carbons (Fsp3) is 0.636. The van der Waals surface area contributed by atoms with Crippen molar-refractivity contribution >= 4 is 30.0 Å². The quantitative estimate of drug-likeness (QED) is 0.230. The Hall–Kier alpha value is 0.00870. The van der Waals surface area contributed by atoms with Crippen molar-refractivity contribution in [2.45, 2.75) is 83.1 Å². The summed E-state index contributed by atoms with van der Waals surface area (Å²) in [5.74, 6) is 0. The molecule has 1 aromatic carbocycles. The van der Waals surface area contributed by atoms with Gasteiger partial charge >= 0.3 is 165 Å². The number of aliphatic hydroxyl groups is 1. The normalized spacial score (nSPS) is 13.5. The van der Waals surface area contributed by atoms with Gasteiger partial charge in [-0.15, -0.1) is 0 Å². The molecule has 0 amide bonds. The first-order valence-electron chi connectivity index (χ1n) is 10.2. The summed E-state index contributed by atoms with van der Waals surface area (Å²) in [5.41, 5.74) is 0.928. The molecule has 0 saturated heterocycles. The monoisotopic (exact) mass is 472 g/mol. The van der Waals surface area contributed by atoms with Gasteiger partial charge in [0.15, 0.2) is 0 Å². The number of hydrogen-bond donors (Lipinski definition) is 1. The molecular weight excluding hydrogens is 434 g/mol. The second-order valence-corrected chi connectivity index (χ2v) is 21.9. The predicted octanol–water partition coefficient (Wildman–Crippen LogP) is 7.78. The van der Waals surface area contributed by atoms with Gasteiger partial charge in [-0.1, -0.05) is 0 Å². The molecule has 0 aliphatic heterocycles. The Balaban J connectivity index is 2.77. The van der Waals surface area contributed by atoms with Crippen molar-refractivity contribution in [2.24, 2.45) is 0 Å². The zero-order chi connectivity index (χ0) is 18.5. The van der Waals surface area contributed by atoms with Crippen LogP contribution in [0.1, 0.15) is 71.0 Å². The molecule has 0 aromatic heterocycles. The van der Waals surface area contributed by atoms with E-state index in [0.29, 0.717) is 5.02 Å². The van der Waals surface area contributed by atoms with Gasteiger partial charge in [-0.2, -0.15) is 0 Å². The average Bonchev–Trinajstić information content (AvgIpc) is 2.63. The van der Waals surface area contributed by atoms with Crippen molar-refractivity contribution in [1.29, 1.82) is 0 Å². The zero-order valence-electron chi connectivity index (χ0n) is 16.4. The van der Waals surface area contributed by atoms with Gasteiger partial charge in [0, 0.05) is 0 Å². The molecule has 0 fully saturated rings. The third-order valence-electron chi connectivity index (χ3n) is 5.26. The van der Waals surface area contributed by atoms with E-state index in [-0.39, 0.29) is 0 Å². The van der Waals surface area contributed by atoms with E-state index in [1.54, 1.807) is 0 Å². The van der Waals surface area contributed by atoms with E-state index < -0.39 is 24.5 Å². The Kier molecular flexibility index (Phi) is 12.2. The van der Waals surface area contributed by atoms with E-state index in [9.17, 15) is 5.11 Å². The Morgan fingerprint density at radius 3 is 1.84 bits per heavy atom. The van der Waals surface area contributed by atoms with Crippen LogP contribution in [0.2, 0.25) is 22.8 Å². The molecule has 1 unspecified atom stereocenters. The van der Waals surface area contributed by atoms with E-state index >= 15 is 0 Å². The standard InChI is InChI=1S/C10H10ClO.3C4H9.Sn/c1-2-3-10(12)8-4-6-9(11)7-5-8;3*1-3-4-2;/h2-7,10,12H,1H2;3*1,3-4H2,2H3;/b3-2+;;;;. The number of aliphatic hydroxyl groups excluding tert-OH is 1. The average molecular weight is 472 g/mol.